The van der Waals surface area contributed by atoms with Crippen LogP contribution in [0.2, 0.25) is 0 Å². The van der Waals surface area contributed by atoms with Crippen LogP contribution in [0.15, 0.2) is 60.9 Å². The number of benzene rings is 2. The van der Waals surface area contributed by atoms with Gasteiger partial charge in [0.1, 0.15) is 11.6 Å². The highest BCUT2D eigenvalue weighted by atomic mass is 19.1. The normalized spacial score (nSPS) is 16.4. The Hall–Kier alpha value is -3.48. The van der Waals surface area contributed by atoms with Gasteiger partial charge in [-0.3, -0.25) is 9.59 Å². The van der Waals surface area contributed by atoms with Crippen LogP contribution in [0.1, 0.15) is 29.8 Å². The third-order valence-corrected chi connectivity index (χ3v) is 5.70. The molecule has 0 radical (unpaired) electrons. The van der Waals surface area contributed by atoms with Crippen LogP contribution >= 0.6 is 0 Å². The van der Waals surface area contributed by atoms with Gasteiger partial charge in [0.15, 0.2) is 0 Å². The number of hydrogen-bond donors (Lipinski definition) is 1. The average molecular weight is 420 g/mol. The zero-order chi connectivity index (χ0) is 21.8. The van der Waals surface area contributed by atoms with Crippen LogP contribution in [-0.2, 0) is 22.7 Å². The van der Waals surface area contributed by atoms with E-state index in [4.69, 9.17) is 0 Å². The summed E-state index contributed by atoms with van der Waals surface area (Å²) >= 11 is 0. The van der Waals surface area contributed by atoms with Crippen molar-refractivity contribution in [3.05, 3.63) is 83.7 Å². The van der Waals surface area contributed by atoms with Gasteiger partial charge < -0.3 is 14.8 Å². The number of carbonyl (C=O) groups is 2. The number of carbonyl (C=O) groups excluding carboxylic acids is 2. The summed E-state index contributed by atoms with van der Waals surface area (Å²) in [7, 11) is 0. The molecule has 2 aromatic carbocycles. The summed E-state index contributed by atoms with van der Waals surface area (Å²) in [5, 5.41) is 2.97. The van der Waals surface area contributed by atoms with Crippen LogP contribution in [0, 0.1) is 18.7 Å². The molecule has 4 rings (SSSR count). The highest BCUT2D eigenvalue weighted by Gasteiger charge is 2.30. The van der Waals surface area contributed by atoms with Gasteiger partial charge in [-0.25, -0.2) is 9.37 Å². The van der Waals surface area contributed by atoms with Crippen molar-refractivity contribution in [3.8, 4) is 5.69 Å². The van der Waals surface area contributed by atoms with Crippen LogP contribution in [0.25, 0.3) is 5.69 Å². The molecule has 31 heavy (non-hydrogen) atoms. The van der Waals surface area contributed by atoms with Gasteiger partial charge in [0, 0.05) is 49.7 Å². The van der Waals surface area contributed by atoms with Gasteiger partial charge in [-0.05, 0) is 37.1 Å². The van der Waals surface area contributed by atoms with Crippen molar-refractivity contribution in [2.45, 2.75) is 32.9 Å². The minimum absolute atomic E-state index is 0.0438. The lowest BCUT2D eigenvalue weighted by molar-refractivity contribution is -0.139. The number of nitrogens with zero attached hydrogens (tertiary/aromatic N) is 3. The summed E-state index contributed by atoms with van der Waals surface area (Å²) < 4.78 is 15.9. The number of amides is 2. The number of imidazole rings is 1. The molecule has 0 spiro atoms. The van der Waals surface area contributed by atoms with E-state index in [0.29, 0.717) is 31.5 Å². The van der Waals surface area contributed by atoms with Gasteiger partial charge in [0.25, 0.3) is 0 Å². The lowest BCUT2D eigenvalue weighted by Crippen LogP contribution is -2.45. The van der Waals surface area contributed by atoms with E-state index >= 15 is 0 Å². The number of nitrogens with one attached hydrogen (secondary N) is 1. The fourth-order valence-electron chi connectivity index (χ4n) is 3.87. The number of hydrogen-bond acceptors (Lipinski definition) is 3. The van der Waals surface area contributed by atoms with E-state index in [1.165, 1.54) is 6.07 Å². The Kier molecular flexibility index (Phi) is 6.11. The first-order valence-electron chi connectivity index (χ1n) is 10.4. The quantitative estimate of drug-likeness (QED) is 0.665. The zero-order valence-electron chi connectivity index (χ0n) is 17.4. The Morgan fingerprint density at radius 1 is 1.19 bits per heavy atom. The van der Waals surface area contributed by atoms with Crippen LogP contribution in [-0.4, -0.2) is 32.8 Å². The second-order valence-corrected chi connectivity index (χ2v) is 7.83. The molecule has 0 bridgehead atoms. The van der Waals surface area contributed by atoms with Crippen LogP contribution in [0.5, 0.6) is 0 Å². The topological polar surface area (TPSA) is 67.2 Å². The Bertz CT molecular complexity index is 1080. The molecule has 0 unspecified atom stereocenters. The molecule has 0 aliphatic carbocycles. The maximum atomic E-state index is 14.0. The molecule has 3 aromatic rings. The number of halogens is 1. The lowest BCUT2D eigenvalue weighted by atomic mass is 9.96. The van der Waals surface area contributed by atoms with Gasteiger partial charge in [-0.15, -0.1) is 0 Å². The first-order valence-corrected chi connectivity index (χ1v) is 10.4. The first-order chi connectivity index (χ1) is 15.0. The molecule has 1 fully saturated rings. The summed E-state index contributed by atoms with van der Waals surface area (Å²) in [6, 6.07) is 14.4. The molecular weight excluding hydrogens is 395 g/mol. The minimum Gasteiger partial charge on any atom is -0.352 e. The predicted molar refractivity (Wildman–Crippen MR) is 115 cm³/mol. The highest BCUT2D eigenvalue weighted by molar-refractivity contribution is 5.83. The lowest BCUT2D eigenvalue weighted by Gasteiger charge is -2.32. The van der Waals surface area contributed by atoms with E-state index in [2.05, 4.69) is 10.3 Å². The van der Waals surface area contributed by atoms with Crippen molar-refractivity contribution in [3.63, 3.8) is 0 Å². The van der Waals surface area contributed by atoms with Crippen molar-refractivity contribution in [1.29, 1.82) is 0 Å². The summed E-state index contributed by atoms with van der Waals surface area (Å²) in [5.41, 5.74) is 2.47. The number of likely N-dealkylation sites (tertiary alicyclic amines) is 1. The Morgan fingerprint density at radius 3 is 2.68 bits per heavy atom. The van der Waals surface area contributed by atoms with Gasteiger partial charge in [-0.1, -0.05) is 30.3 Å². The molecule has 1 saturated heterocycles. The number of piperidine rings is 1. The molecule has 7 heteroatoms. The smallest absolute Gasteiger partial charge is 0.225 e. The number of aryl methyl sites for hydroxylation is 1. The molecule has 1 aliphatic rings. The first kappa shape index (κ1) is 20.8. The van der Waals surface area contributed by atoms with Crippen LogP contribution in [0.3, 0.4) is 0 Å². The van der Waals surface area contributed by atoms with E-state index < -0.39 is 0 Å². The van der Waals surface area contributed by atoms with Crippen molar-refractivity contribution >= 4 is 11.8 Å². The molecule has 6 nitrogen and oxygen atoms in total. The van der Waals surface area contributed by atoms with Gasteiger partial charge >= 0.3 is 0 Å². The molecule has 0 saturated carbocycles. The monoisotopic (exact) mass is 420 g/mol. The van der Waals surface area contributed by atoms with Crippen molar-refractivity contribution < 1.29 is 14.0 Å². The van der Waals surface area contributed by atoms with Gasteiger partial charge in [-0.2, -0.15) is 0 Å². The third-order valence-electron chi connectivity index (χ3n) is 5.70. The highest BCUT2D eigenvalue weighted by Crippen LogP contribution is 2.21. The van der Waals surface area contributed by atoms with Crippen molar-refractivity contribution in [2.24, 2.45) is 5.92 Å². The summed E-state index contributed by atoms with van der Waals surface area (Å²) in [6.45, 7) is 2.85. The molecule has 1 N–H and O–H groups in total. The Labute approximate surface area is 180 Å². The molecule has 2 amide bonds. The SMILES string of the molecule is Cc1nccn1-c1ccc(CNC(=O)[C@H]2CCC(=O)N(Cc3ccccc3F)C2)cc1. The fourth-order valence-corrected chi connectivity index (χ4v) is 3.87. The fraction of sp³-hybridized carbons (Fsp3) is 0.292. The van der Waals surface area contributed by atoms with Crippen LogP contribution in [0.4, 0.5) is 4.39 Å². The van der Waals surface area contributed by atoms with Gasteiger partial charge in [0.05, 0.1) is 5.92 Å². The molecular formula is C24H25FN4O2. The maximum Gasteiger partial charge on any atom is 0.225 e. The van der Waals surface area contributed by atoms with Crippen molar-refractivity contribution in [1.82, 2.24) is 19.8 Å². The average Bonchev–Trinajstić information content (AvgIpc) is 3.21. The van der Waals surface area contributed by atoms with E-state index in [1.54, 1.807) is 29.3 Å². The molecule has 1 aromatic heterocycles. The second kappa shape index (κ2) is 9.12. The molecule has 2 heterocycles. The second-order valence-electron chi connectivity index (χ2n) is 7.83. The third kappa shape index (κ3) is 4.82. The van der Waals surface area contributed by atoms with E-state index in [1.807, 2.05) is 42.0 Å². The largest absolute Gasteiger partial charge is 0.352 e. The van der Waals surface area contributed by atoms with Gasteiger partial charge in [0.2, 0.25) is 11.8 Å². The van der Waals surface area contributed by atoms with E-state index in [-0.39, 0.29) is 30.1 Å². The van der Waals surface area contributed by atoms with Crippen LogP contribution < -0.4 is 5.32 Å². The van der Waals surface area contributed by atoms with E-state index in [0.717, 1.165) is 17.1 Å². The van der Waals surface area contributed by atoms with Crippen molar-refractivity contribution in [2.75, 3.05) is 6.54 Å². The predicted octanol–water partition coefficient (Wildman–Crippen LogP) is 3.37. The Morgan fingerprint density at radius 2 is 1.97 bits per heavy atom. The standard InChI is InChI=1S/C24H25FN4O2/c1-17-26-12-13-29(17)21-9-6-18(7-10-21)14-27-24(31)20-8-11-23(30)28(16-20)15-19-4-2-3-5-22(19)25/h2-7,9-10,12-13,20H,8,11,14-16H2,1H3,(H,27,31)/t20-/m0/s1. The molecule has 1 aliphatic heterocycles. The Balaban J connectivity index is 1.33. The summed E-state index contributed by atoms with van der Waals surface area (Å²) in [4.78, 5) is 30.8. The minimum atomic E-state index is -0.337. The van der Waals surface area contributed by atoms with E-state index in [9.17, 15) is 14.0 Å². The molecule has 160 valence electrons. The maximum absolute atomic E-state index is 14.0. The summed E-state index contributed by atoms with van der Waals surface area (Å²) in [6.07, 6.45) is 4.47. The molecule has 1 atom stereocenters. The summed E-state index contributed by atoms with van der Waals surface area (Å²) in [5.74, 6) is 0.152. The number of rotatable bonds is 6. The zero-order valence-corrected chi connectivity index (χ0v) is 17.4. The number of aromatic nitrogens is 2.